The monoisotopic (exact) mass is 654 g/mol. The number of fused-ring (bicyclic) bond motifs is 5. The van der Waals surface area contributed by atoms with Crippen LogP contribution in [0.4, 0.5) is 14.6 Å². The van der Waals surface area contributed by atoms with Gasteiger partial charge in [-0.2, -0.15) is 25.0 Å². The average Bonchev–Trinajstić information content (AvgIpc) is 3.85. The van der Waals surface area contributed by atoms with Crippen molar-refractivity contribution in [2.75, 3.05) is 44.2 Å². The van der Waals surface area contributed by atoms with Crippen LogP contribution in [0.15, 0.2) is 12.4 Å². The van der Waals surface area contributed by atoms with E-state index in [-0.39, 0.29) is 58.8 Å². The van der Waals surface area contributed by atoms with Gasteiger partial charge in [0.1, 0.15) is 24.1 Å². The van der Waals surface area contributed by atoms with Crippen LogP contribution in [-0.2, 0) is 6.54 Å². The Kier molecular flexibility index (Phi) is 7.32. The number of halogens is 3. The van der Waals surface area contributed by atoms with Crippen LogP contribution in [0.3, 0.4) is 0 Å². The average molecular weight is 655 g/mol. The van der Waals surface area contributed by atoms with Crippen LogP contribution < -0.4 is 20.5 Å². The Hall–Kier alpha value is -2.74. The number of alkyl halides is 2. The molecule has 3 aromatic heterocycles. The summed E-state index contributed by atoms with van der Waals surface area (Å²) in [6.07, 6.45) is 9.51. The number of pyridine rings is 1. The molecule has 1 saturated carbocycles. The molecule has 9 heterocycles. The first-order valence-corrected chi connectivity index (χ1v) is 17.5. The predicted molar refractivity (Wildman–Crippen MR) is 168 cm³/mol. The lowest BCUT2D eigenvalue weighted by Crippen LogP contribution is -2.45. The zero-order valence-corrected chi connectivity index (χ0v) is 26.7. The Morgan fingerprint density at radius 2 is 1.98 bits per heavy atom. The Labute approximate surface area is 271 Å². The van der Waals surface area contributed by atoms with E-state index in [4.69, 9.17) is 36.4 Å². The maximum atomic E-state index is 17.1. The topological polar surface area (TPSA) is 109 Å². The molecular weight excluding hydrogens is 614 g/mol. The van der Waals surface area contributed by atoms with Gasteiger partial charge in [0.25, 0.3) is 0 Å². The molecule has 246 valence electrons. The summed E-state index contributed by atoms with van der Waals surface area (Å²) in [5.74, 6) is 0.333. The molecule has 6 unspecified atom stereocenters. The summed E-state index contributed by atoms with van der Waals surface area (Å²) in [5, 5.41) is 9.95. The molecular formula is C32H41ClF2N10O. The third kappa shape index (κ3) is 4.86. The van der Waals surface area contributed by atoms with Crippen molar-refractivity contribution >= 4 is 28.3 Å². The van der Waals surface area contributed by atoms with E-state index in [1.54, 1.807) is 11.0 Å². The van der Waals surface area contributed by atoms with E-state index >= 15 is 4.39 Å². The predicted octanol–water partition coefficient (Wildman–Crippen LogP) is 3.69. The van der Waals surface area contributed by atoms with Gasteiger partial charge in [0.05, 0.1) is 35.1 Å². The molecule has 7 aliphatic rings. The number of hydrogen-bond acceptors (Lipinski definition) is 10. The normalized spacial score (nSPS) is 35.9. The van der Waals surface area contributed by atoms with Gasteiger partial charge in [-0.25, -0.2) is 8.78 Å². The summed E-state index contributed by atoms with van der Waals surface area (Å²) in [6.45, 7) is 4.43. The molecule has 0 aromatic carbocycles. The quantitative estimate of drug-likeness (QED) is 0.406. The van der Waals surface area contributed by atoms with Crippen molar-refractivity contribution in [2.45, 2.75) is 92.9 Å². The molecule has 0 spiro atoms. The van der Waals surface area contributed by atoms with Gasteiger partial charge < -0.3 is 9.64 Å². The van der Waals surface area contributed by atoms with Gasteiger partial charge >= 0.3 is 6.01 Å². The summed E-state index contributed by atoms with van der Waals surface area (Å²) in [4.78, 5) is 20.8. The van der Waals surface area contributed by atoms with Crippen molar-refractivity contribution < 1.29 is 13.5 Å². The zero-order valence-electron chi connectivity index (χ0n) is 25.9. The molecule has 8 atom stereocenters. The molecule has 1 aliphatic carbocycles. The molecule has 0 radical (unpaired) electrons. The Morgan fingerprint density at radius 3 is 2.91 bits per heavy atom. The van der Waals surface area contributed by atoms with Crippen molar-refractivity contribution in [1.29, 1.82) is 0 Å². The number of nitrogens with one attached hydrogen (secondary N) is 2. The Morgan fingerprint density at radius 1 is 1.07 bits per heavy atom. The highest BCUT2D eigenvalue weighted by molar-refractivity contribution is 6.21. The van der Waals surface area contributed by atoms with Gasteiger partial charge in [0.2, 0.25) is 0 Å². The van der Waals surface area contributed by atoms with Crippen LogP contribution in [-0.4, -0.2) is 97.3 Å². The molecule has 4 saturated heterocycles. The summed E-state index contributed by atoms with van der Waals surface area (Å²) in [5.41, 5.74) is 7.94. The second-order valence-electron chi connectivity index (χ2n) is 14.4. The standard InChI is InChI=1S/C32H41ClF2N10O/c33-23-10-24-21(13-37-41-24)26-20(23)5-2-9-45-38-14-25(42-45)18-4-1-7-43(15-18)30-22-12-36-29(26)27(35)28(22)39-31(40-30)46-17-32-6-3-8-44(32)16-19(34)11-32/h12,14,18-21,23-24,26,37,41H,1-11,13,15-17H2/t18?,19-,20?,21?,23?,24?,26?,32+/m1/s1. The highest BCUT2D eigenvalue weighted by Gasteiger charge is 2.50. The zero-order chi connectivity index (χ0) is 31.0. The van der Waals surface area contributed by atoms with Crippen LogP contribution >= 0.6 is 11.6 Å². The fraction of sp³-hybridized carbons (Fsp3) is 0.719. The van der Waals surface area contributed by atoms with Crippen molar-refractivity contribution in [1.82, 2.24) is 45.7 Å². The smallest absolute Gasteiger partial charge is 0.319 e. The highest BCUT2D eigenvalue weighted by Crippen LogP contribution is 2.48. The van der Waals surface area contributed by atoms with Gasteiger partial charge in [-0.3, -0.25) is 20.7 Å². The number of anilines is 1. The van der Waals surface area contributed by atoms with E-state index in [1.807, 2.05) is 6.20 Å². The lowest BCUT2D eigenvalue weighted by atomic mass is 9.66. The molecule has 8 bridgehead atoms. The van der Waals surface area contributed by atoms with E-state index in [0.29, 0.717) is 49.5 Å². The van der Waals surface area contributed by atoms with E-state index in [0.717, 1.165) is 63.7 Å². The number of hydrogen-bond donors (Lipinski definition) is 2. The lowest BCUT2D eigenvalue weighted by Gasteiger charge is -2.42. The second kappa shape index (κ2) is 11.5. The van der Waals surface area contributed by atoms with Gasteiger partial charge in [0.15, 0.2) is 5.82 Å². The van der Waals surface area contributed by atoms with E-state index in [9.17, 15) is 4.39 Å². The van der Waals surface area contributed by atoms with Crippen molar-refractivity contribution in [3.63, 3.8) is 0 Å². The number of aromatic nitrogens is 6. The van der Waals surface area contributed by atoms with Crippen LogP contribution in [0, 0.1) is 17.7 Å². The number of ether oxygens (including phenoxy) is 1. The molecule has 10 rings (SSSR count). The number of piperidine rings is 1. The fourth-order valence-corrected chi connectivity index (χ4v) is 10.1. The van der Waals surface area contributed by atoms with Gasteiger partial charge in [-0.1, -0.05) is 0 Å². The molecule has 0 amide bonds. The first kappa shape index (κ1) is 29.4. The van der Waals surface area contributed by atoms with Crippen molar-refractivity contribution in [2.24, 2.45) is 11.8 Å². The molecule has 2 N–H and O–H groups in total. The summed E-state index contributed by atoms with van der Waals surface area (Å²) >= 11 is 7.12. The first-order valence-electron chi connectivity index (χ1n) is 17.1. The second-order valence-corrected chi connectivity index (χ2v) is 15.0. The molecule has 5 fully saturated rings. The molecule has 14 heteroatoms. The Bertz CT molecular complexity index is 1630. The van der Waals surface area contributed by atoms with Crippen LogP contribution in [0.25, 0.3) is 10.9 Å². The SMILES string of the molecule is Fc1c2ncc3c(nc(OC[C@@]45CCCN4C[C@H](F)C5)nc13)N1CCCC(C1)c1cnn(n1)CCCC1C(Cl)CC3NNCC3C21. The molecule has 3 aromatic rings. The Balaban J connectivity index is 1.17. The summed E-state index contributed by atoms with van der Waals surface area (Å²) in [7, 11) is 0. The van der Waals surface area contributed by atoms with Crippen molar-refractivity contribution in [3.05, 3.63) is 29.6 Å². The molecule has 11 nitrogen and oxygen atoms in total. The lowest BCUT2D eigenvalue weighted by molar-refractivity contribution is 0.107. The van der Waals surface area contributed by atoms with Crippen molar-refractivity contribution in [3.8, 4) is 6.01 Å². The minimum absolute atomic E-state index is 0.0237. The summed E-state index contributed by atoms with van der Waals surface area (Å²) < 4.78 is 38.1. The highest BCUT2D eigenvalue weighted by atomic mass is 35.5. The minimum Gasteiger partial charge on any atom is -0.461 e. The van der Waals surface area contributed by atoms with Gasteiger partial charge in [0, 0.05) is 62.1 Å². The first-order chi connectivity index (χ1) is 22.5. The third-order valence-corrected chi connectivity index (χ3v) is 12.3. The van der Waals surface area contributed by atoms with Gasteiger partial charge in [-0.15, -0.1) is 11.6 Å². The van der Waals surface area contributed by atoms with E-state index < -0.39 is 12.0 Å². The third-order valence-electron chi connectivity index (χ3n) is 11.8. The summed E-state index contributed by atoms with van der Waals surface area (Å²) in [6, 6.07) is 0.264. The van der Waals surface area contributed by atoms with Crippen LogP contribution in [0.2, 0.25) is 0 Å². The van der Waals surface area contributed by atoms with E-state index in [1.165, 1.54) is 0 Å². The largest absolute Gasteiger partial charge is 0.461 e. The number of nitrogens with zero attached hydrogens (tertiary/aromatic N) is 8. The molecule has 6 aliphatic heterocycles. The van der Waals surface area contributed by atoms with Crippen LogP contribution in [0.1, 0.15) is 74.6 Å². The maximum Gasteiger partial charge on any atom is 0.319 e. The van der Waals surface area contributed by atoms with Gasteiger partial charge in [-0.05, 0) is 63.3 Å². The number of hydrazine groups is 1. The number of rotatable bonds is 3. The molecule has 46 heavy (non-hydrogen) atoms. The van der Waals surface area contributed by atoms with Crippen LogP contribution in [0.5, 0.6) is 6.01 Å². The number of aryl methyl sites for hydroxylation is 1. The van der Waals surface area contributed by atoms with E-state index in [2.05, 4.69) is 25.8 Å². The minimum atomic E-state index is -0.865. The maximum absolute atomic E-state index is 17.1. The fourth-order valence-electron chi connectivity index (χ4n) is 9.60.